The van der Waals surface area contributed by atoms with Crippen LogP contribution in [0.4, 0.5) is 0 Å². The van der Waals surface area contributed by atoms with E-state index in [-0.39, 0.29) is 12.5 Å². The number of rotatable bonds is 7. The van der Waals surface area contributed by atoms with Crippen LogP contribution in [-0.4, -0.2) is 23.3 Å². The average molecular weight is 362 g/mol. The smallest absolute Gasteiger partial charge is 0.277 e. The molecule has 0 radical (unpaired) electrons. The number of aryl methyl sites for hydroxylation is 1. The maximum Gasteiger partial charge on any atom is 0.277 e. The summed E-state index contributed by atoms with van der Waals surface area (Å²) in [6.45, 7) is 9.32. The van der Waals surface area contributed by atoms with Gasteiger partial charge in [0.2, 0.25) is 0 Å². The molecular weight excluding hydrogens is 338 g/mol. The Bertz CT molecular complexity index is 766. The fourth-order valence-electron chi connectivity index (χ4n) is 2.52. The lowest BCUT2D eigenvalue weighted by molar-refractivity contribution is -0.123. The van der Waals surface area contributed by atoms with Crippen molar-refractivity contribution in [3.05, 3.63) is 52.3 Å². The van der Waals surface area contributed by atoms with E-state index in [0.29, 0.717) is 16.7 Å². The van der Waals surface area contributed by atoms with E-state index in [1.165, 1.54) is 5.69 Å². The molecule has 0 unspecified atom stereocenters. The molecule has 0 aliphatic carbocycles. The van der Waals surface area contributed by atoms with Gasteiger partial charge >= 0.3 is 0 Å². The van der Waals surface area contributed by atoms with Crippen molar-refractivity contribution in [2.75, 3.05) is 6.61 Å². The minimum atomic E-state index is -0.341. The van der Waals surface area contributed by atoms with E-state index in [0.717, 1.165) is 17.8 Å². The first kappa shape index (κ1) is 19.1. The number of carbonyl (C=O) groups excluding carboxylic acids is 1. The molecule has 1 aromatic carbocycles. The number of hydrazone groups is 1. The van der Waals surface area contributed by atoms with Crippen LogP contribution in [-0.2, 0) is 11.3 Å². The maximum atomic E-state index is 11.8. The van der Waals surface area contributed by atoms with E-state index in [4.69, 9.17) is 16.3 Å². The van der Waals surface area contributed by atoms with Crippen LogP contribution in [0.1, 0.15) is 30.8 Å². The highest BCUT2D eigenvalue weighted by Gasteiger charge is 2.09. The summed E-state index contributed by atoms with van der Waals surface area (Å²) in [5, 5.41) is 4.49. The molecule has 0 saturated carbocycles. The van der Waals surface area contributed by atoms with Crippen molar-refractivity contribution >= 4 is 23.7 Å². The lowest BCUT2D eigenvalue weighted by Crippen LogP contribution is -2.24. The summed E-state index contributed by atoms with van der Waals surface area (Å²) in [6, 6.07) is 9.08. The van der Waals surface area contributed by atoms with Crippen molar-refractivity contribution in [2.24, 2.45) is 11.0 Å². The lowest BCUT2D eigenvalue weighted by Gasteiger charge is -2.11. The largest absolute Gasteiger partial charge is 0.482 e. The molecule has 2 rings (SSSR count). The molecule has 0 fully saturated rings. The van der Waals surface area contributed by atoms with Gasteiger partial charge in [-0.1, -0.05) is 37.6 Å². The lowest BCUT2D eigenvalue weighted by atomic mass is 10.2. The van der Waals surface area contributed by atoms with E-state index in [9.17, 15) is 4.79 Å². The summed E-state index contributed by atoms with van der Waals surface area (Å²) in [7, 11) is 0. The second-order valence-corrected chi connectivity index (χ2v) is 6.75. The van der Waals surface area contributed by atoms with Crippen LogP contribution in [0.5, 0.6) is 5.75 Å². The standard InChI is InChI=1S/C19H24ClN3O2/c1-13(2)11-23-14(3)9-16(15(23)4)10-21-22-19(24)12-25-18-8-6-5-7-17(18)20/h5-10,13H,11-12H2,1-4H3,(H,22,24)/b21-10-. The minimum Gasteiger partial charge on any atom is -0.482 e. The molecule has 0 aliphatic rings. The Kier molecular flexibility index (Phi) is 6.65. The van der Waals surface area contributed by atoms with Crippen molar-refractivity contribution in [3.63, 3.8) is 0 Å². The number of amides is 1. The third-order valence-corrected chi connectivity index (χ3v) is 4.06. The zero-order chi connectivity index (χ0) is 18.4. The third kappa shape index (κ3) is 5.36. The van der Waals surface area contributed by atoms with Gasteiger partial charge in [0, 0.05) is 23.5 Å². The number of carbonyl (C=O) groups is 1. The van der Waals surface area contributed by atoms with Crippen molar-refractivity contribution in [2.45, 2.75) is 34.2 Å². The Balaban J connectivity index is 1.90. The van der Waals surface area contributed by atoms with Gasteiger partial charge in [0.1, 0.15) is 5.75 Å². The first-order chi connectivity index (χ1) is 11.9. The van der Waals surface area contributed by atoms with Crippen molar-refractivity contribution in [1.82, 2.24) is 9.99 Å². The molecule has 5 nitrogen and oxygen atoms in total. The third-order valence-electron chi connectivity index (χ3n) is 3.75. The molecular formula is C19H24ClN3O2. The predicted molar refractivity (Wildman–Crippen MR) is 101 cm³/mol. The summed E-state index contributed by atoms with van der Waals surface area (Å²) in [5.74, 6) is 0.698. The summed E-state index contributed by atoms with van der Waals surface area (Å²) < 4.78 is 7.63. The minimum absolute atomic E-state index is 0.145. The van der Waals surface area contributed by atoms with Crippen LogP contribution in [0.2, 0.25) is 5.02 Å². The van der Waals surface area contributed by atoms with Gasteiger partial charge in [-0.2, -0.15) is 5.10 Å². The molecule has 1 aromatic heterocycles. The molecule has 1 amide bonds. The van der Waals surface area contributed by atoms with Gasteiger partial charge in [0.25, 0.3) is 5.91 Å². The SMILES string of the molecule is Cc1cc(/C=N\NC(=O)COc2ccccc2Cl)c(C)n1CC(C)C. The fourth-order valence-corrected chi connectivity index (χ4v) is 2.71. The zero-order valence-electron chi connectivity index (χ0n) is 15.0. The highest BCUT2D eigenvalue weighted by Crippen LogP contribution is 2.22. The van der Waals surface area contributed by atoms with Crippen LogP contribution < -0.4 is 10.2 Å². The van der Waals surface area contributed by atoms with Gasteiger partial charge in [-0.15, -0.1) is 0 Å². The monoisotopic (exact) mass is 361 g/mol. The second-order valence-electron chi connectivity index (χ2n) is 6.34. The number of ether oxygens (including phenoxy) is 1. The van der Waals surface area contributed by atoms with Crippen molar-refractivity contribution < 1.29 is 9.53 Å². The Labute approximate surface area is 153 Å². The van der Waals surface area contributed by atoms with Gasteiger partial charge in [-0.3, -0.25) is 4.79 Å². The number of nitrogens with zero attached hydrogens (tertiary/aromatic N) is 2. The van der Waals surface area contributed by atoms with Crippen LogP contribution in [0, 0.1) is 19.8 Å². The number of halogens is 1. The van der Waals surface area contributed by atoms with Gasteiger partial charge in [-0.25, -0.2) is 5.43 Å². The summed E-state index contributed by atoms with van der Waals surface area (Å²) in [6.07, 6.45) is 1.66. The predicted octanol–water partition coefficient (Wildman–Crippen LogP) is 3.94. The van der Waals surface area contributed by atoms with Crippen molar-refractivity contribution in [3.8, 4) is 5.75 Å². The molecule has 0 aliphatic heterocycles. The number of hydrogen-bond acceptors (Lipinski definition) is 3. The molecule has 134 valence electrons. The van der Waals surface area contributed by atoms with Gasteiger partial charge in [0.15, 0.2) is 6.61 Å². The van der Waals surface area contributed by atoms with E-state index < -0.39 is 0 Å². The van der Waals surface area contributed by atoms with Gasteiger partial charge in [-0.05, 0) is 38.0 Å². The molecule has 6 heteroatoms. The zero-order valence-corrected chi connectivity index (χ0v) is 15.8. The maximum absolute atomic E-state index is 11.8. The van der Waals surface area contributed by atoms with Crippen LogP contribution in [0.3, 0.4) is 0 Å². The summed E-state index contributed by atoms with van der Waals surface area (Å²) in [4.78, 5) is 11.8. The molecule has 0 bridgehead atoms. The Morgan fingerprint density at radius 1 is 1.36 bits per heavy atom. The van der Waals surface area contributed by atoms with E-state index in [1.54, 1.807) is 30.5 Å². The molecule has 0 spiro atoms. The number of hydrogen-bond donors (Lipinski definition) is 1. The average Bonchev–Trinajstić information content (AvgIpc) is 2.81. The molecule has 1 heterocycles. The molecule has 2 aromatic rings. The number of nitrogens with one attached hydrogen (secondary N) is 1. The van der Waals surface area contributed by atoms with E-state index in [1.807, 2.05) is 0 Å². The van der Waals surface area contributed by atoms with Gasteiger partial charge < -0.3 is 9.30 Å². The highest BCUT2D eigenvalue weighted by atomic mass is 35.5. The highest BCUT2D eigenvalue weighted by molar-refractivity contribution is 6.32. The first-order valence-corrected chi connectivity index (χ1v) is 8.62. The molecule has 0 saturated heterocycles. The van der Waals surface area contributed by atoms with Crippen molar-refractivity contribution in [1.29, 1.82) is 0 Å². The van der Waals surface area contributed by atoms with Gasteiger partial charge in [0.05, 0.1) is 11.2 Å². The van der Waals surface area contributed by atoms with Crippen LogP contribution in [0.15, 0.2) is 35.4 Å². The normalized spacial score (nSPS) is 11.3. The van der Waals surface area contributed by atoms with E-state index >= 15 is 0 Å². The van der Waals surface area contributed by atoms with Crippen LogP contribution in [0.25, 0.3) is 0 Å². The molecule has 0 atom stereocenters. The quantitative estimate of drug-likeness (QED) is 0.599. The fraction of sp³-hybridized carbons (Fsp3) is 0.368. The Hall–Kier alpha value is -2.27. The van der Waals surface area contributed by atoms with Crippen LogP contribution >= 0.6 is 11.6 Å². The number of aromatic nitrogens is 1. The molecule has 25 heavy (non-hydrogen) atoms. The topological polar surface area (TPSA) is 55.6 Å². The molecule has 1 N–H and O–H groups in total. The second kappa shape index (κ2) is 8.72. The number of para-hydroxylation sites is 1. The summed E-state index contributed by atoms with van der Waals surface area (Å²) >= 11 is 5.97. The first-order valence-electron chi connectivity index (χ1n) is 8.24. The number of benzene rings is 1. The summed E-state index contributed by atoms with van der Waals surface area (Å²) in [5.41, 5.74) is 5.78. The Morgan fingerprint density at radius 3 is 2.76 bits per heavy atom. The Morgan fingerprint density at radius 2 is 2.08 bits per heavy atom. The van der Waals surface area contributed by atoms with E-state index in [2.05, 4.69) is 48.9 Å².